The first kappa shape index (κ1) is 19.2. The summed E-state index contributed by atoms with van der Waals surface area (Å²) in [5, 5.41) is 2.86. The zero-order chi connectivity index (χ0) is 19.4. The number of amides is 3. The number of hydrogen-bond donors (Lipinski definition) is 1. The van der Waals surface area contributed by atoms with Gasteiger partial charge < -0.3 is 15.1 Å². The zero-order valence-corrected chi connectivity index (χ0v) is 15.8. The fraction of sp³-hybridized carbons (Fsp3) is 0.300. The van der Waals surface area contributed by atoms with Gasteiger partial charge in [-0.3, -0.25) is 4.79 Å². The van der Waals surface area contributed by atoms with E-state index in [2.05, 4.69) is 5.32 Å². The van der Waals surface area contributed by atoms with Crippen molar-refractivity contribution in [1.82, 2.24) is 10.2 Å². The molecule has 5 nitrogen and oxygen atoms in total. The number of fused-ring (bicyclic) bond motifs is 1. The minimum atomic E-state index is -0.469. The standard InChI is InChI=1S/C20H21ClFN3O2/c1-24(13-15-16(21)8-4-9-17(15)22)20(27)23-12-19(26)25-11-5-7-14-6-2-3-10-18(14)25/h2-4,6,8-10H,5,7,11-13H2,1H3,(H,23,27). The molecular weight excluding hydrogens is 369 g/mol. The summed E-state index contributed by atoms with van der Waals surface area (Å²) in [6.45, 7) is 0.521. The quantitative estimate of drug-likeness (QED) is 0.868. The zero-order valence-electron chi connectivity index (χ0n) is 15.0. The summed E-state index contributed by atoms with van der Waals surface area (Å²) in [5.41, 5.74) is 2.28. The molecule has 0 aliphatic carbocycles. The third-order valence-corrected chi connectivity index (χ3v) is 4.96. The summed E-state index contributed by atoms with van der Waals surface area (Å²) in [5.74, 6) is -0.643. The number of carbonyl (C=O) groups excluding carboxylic acids is 2. The minimum absolute atomic E-state index is 0.0120. The Morgan fingerprint density at radius 2 is 2.00 bits per heavy atom. The normalized spacial score (nSPS) is 13.1. The maximum atomic E-state index is 13.9. The molecular formula is C20H21ClFN3O2. The van der Waals surface area contributed by atoms with Gasteiger partial charge in [0.15, 0.2) is 0 Å². The Morgan fingerprint density at radius 3 is 2.78 bits per heavy atom. The van der Waals surface area contributed by atoms with Gasteiger partial charge in [-0.25, -0.2) is 9.18 Å². The van der Waals surface area contributed by atoms with Crippen molar-refractivity contribution in [3.05, 3.63) is 64.4 Å². The molecule has 0 fully saturated rings. The van der Waals surface area contributed by atoms with Crippen molar-refractivity contribution >= 4 is 29.2 Å². The molecule has 0 spiro atoms. The summed E-state index contributed by atoms with van der Waals surface area (Å²) in [7, 11) is 1.53. The molecule has 2 aromatic carbocycles. The number of benzene rings is 2. The van der Waals surface area contributed by atoms with Crippen LogP contribution >= 0.6 is 11.6 Å². The van der Waals surface area contributed by atoms with Crippen LogP contribution in [0.1, 0.15) is 17.5 Å². The molecule has 7 heteroatoms. The topological polar surface area (TPSA) is 52.7 Å². The second-order valence-electron chi connectivity index (χ2n) is 6.49. The average molecular weight is 390 g/mol. The van der Waals surface area contributed by atoms with E-state index >= 15 is 0 Å². The van der Waals surface area contributed by atoms with Gasteiger partial charge >= 0.3 is 6.03 Å². The van der Waals surface area contributed by atoms with Gasteiger partial charge in [0.2, 0.25) is 5.91 Å². The highest BCUT2D eigenvalue weighted by atomic mass is 35.5. The number of nitrogens with one attached hydrogen (secondary N) is 1. The van der Waals surface area contributed by atoms with Gasteiger partial charge in [0.25, 0.3) is 0 Å². The Balaban J connectivity index is 1.58. The molecule has 1 N–H and O–H groups in total. The molecule has 0 saturated heterocycles. The summed E-state index contributed by atoms with van der Waals surface area (Å²) in [6.07, 6.45) is 1.83. The molecule has 3 rings (SSSR count). The molecule has 3 amide bonds. The maximum absolute atomic E-state index is 13.9. The van der Waals surface area contributed by atoms with Crippen LogP contribution in [0.15, 0.2) is 42.5 Å². The summed E-state index contributed by atoms with van der Waals surface area (Å²) < 4.78 is 13.9. The molecule has 1 aliphatic heterocycles. The lowest BCUT2D eigenvalue weighted by Gasteiger charge is -2.29. The number of rotatable bonds is 4. The highest BCUT2D eigenvalue weighted by molar-refractivity contribution is 6.31. The van der Waals surface area contributed by atoms with E-state index in [1.807, 2.05) is 24.3 Å². The number of halogens is 2. The SMILES string of the molecule is CN(Cc1c(F)cccc1Cl)C(=O)NCC(=O)N1CCCc2ccccc21. The maximum Gasteiger partial charge on any atom is 0.317 e. The van der Waals surface area contributed by atoms with Crippen molar-refractivity contribution in [2.24, 2.45) is 0 Å². The largest absolute Gasteiger partial charge is 0.329 e. The average Bonchev–Trinajstić information content (AvgIpc) is 2.68. The number of para-hydroxylation sites is 1. The molecule has 0 bridgehead atoms. The predicted octanol–water partition coefficient (Wildman–Crippen LogP) is 3.60. The van der Waals surface area contributed by atoms with Gasteiger partial charge in [-0.2, -0.15) is 0 Å². The summed E-state index contributed by atoms with van der Waals surface area (Å²) in [6, 6.07) is 11.7. The van der Waals surface area contributed by atoms with E-state index < -0.39 is 11.8 Å². The lowest BCUT2D eigenvalue weighted by Crippen LogP contribution is -2.45. The second-order valence-corrected chi connectivity index (χ2v) is 6.90. The van der Waals surface area contributed by atoms with E-state index in [1.165, 1.54) is 24.1 Å². The van der Waals surface area contributed by atoms with Gasteiger partial charge in [-0.05, 0) is 36.6 Å². The van der Waals surface area contributed by atoms with Crippen molar-refractivity contribution in [1.29, 1.82) is 0 Å². The molecule has 0 aromatic heterocycles. The van der Waals surface area contributed by atoms with Crippen molar-refractivity contribution in [3.63, 3.8) is 0 Å². The molecule has 0 saturated carbocycles. The molecule has 0 atom stereocenters. The highest BCUT2D eigenvalue weighted by Crippen LogP contribution is 2.26. The number of hydrogen-bond acceptors (Lipinski definition) is 2. The first-order chi connectivity index (χ1) is 13.0. The van der Waals surface area contributed by atoms with Crippen molar-refractivity contribution in [2.75, 3.05) is 25.0 Å². The van der Waals surface area contributed by atoms with Gasteiger partial charge in [0, 0.05) is 29.9 Å². The van der Waals surface area contributed by atoms with Crippen LogP contribution in [0.4, 0.5) is 14.9 Å². The van der Waals surface area contributed by atoms with Crippen molar-refractivity contribution in [2.45, 2.75) is 19.4 Å². The fourth-order valence-electron chi connectivity index (χ4n) is 3.17. The van der Waals surface area contributed by atoms with Crippen LogP contribution in [-0.2, 0) is 17.8 Å². The summed E-state index contributed by atoms with van der Waals surface area (Å²) >= 11 is 6.00. The molecule has 142 valence electrons. The van der Waals surface area contributed by atoms with Gasteiger partial charge in [-0.15, -0.1) is 0 Å². The Labute approximate surface area is 162 Å². The van der Waals surface area contributed by atoms with E-state index in [1.54, 1.807) is 11.0 Å². The minimum Gasteiger partial charge on any atom is -0.329 e. The van der Waals surface area contributed by atoms with E-state index in [0.29, 0.717) is 6.54 Å². The third kappa shape index (κ3) is 4.39. The first-order valence-corrected chi connectivity index (χ1v) is 9.15. The van der Waals surface area contributed by atoms with Crippen LogP contribution < -0.4 is 10.2 Å². The van der Waals surface area contributed by atoms with Crippen LogP contribution in [0.3, 0.4) is 0 Å². The van der Waals surface area contributed by atoms with E-state index in [0.717, 1.165) is 24.1 Å². The van der Waals surface area contributed by atoms with E-state index in [-0.39, 0.29) is 29.6 Å². The smallest absolute Gasteiger partial charge is 0.317 e. The van der Waals surface area contributed by atoms with E-state index in [9.17, 15) is 14.0 Å². The molecule has 2 aromatic rings. The lowest BCUT2D eigenvalue weighted by atomic mass is 10.0. The Morgan fingerprint density at radius 1 is 1.22 bits per heavy atom. The van der Waals surface area contributed by atoms with Crippen LogP contribution in [0, 0.1) is 5.82 Å². The summed E-state index contributed by atoms with van der Waals surface area (Å²) in [4.78, 5) is 27.8. The Bertz CT molecular complexity index is 839. The number of anilines is 1. The Kier molecular flexibility index (Phi) is 5.96. The van der Waals surface area contributed by atoms with E-state index in [4.69, 9.17) is 11.6 Å². The number of aryl methyl sites for hydroxylation is 1. The van der Waals surface area contributed by atoms with Crippen molar-refractivity contribution < 1.29 is 14.0 Å². The molecule has 27 heavy (non-hydrogen) atoms. The van der Waals surface area contributed by atoms with Crippen LogP contribution in [-0.4, -0.2) is 37.0 Å². The van der Waals surface area contributed by atoms with Crippen molar-refractivity contribution in [3.8, 4) is 0 Å². The van der Waals surface area contributed by atoms with Crippen LogP contribution in [0.5, 0.6) is 0 Å². The molecule has 0 radical (unpaired) electrons. The molecule has 0 unspecified atom stereocenters. The van der Waals surface area contributed by atoms with Gasteiger partial charge in [0.05, 0.1) is 13.1 Å². The monoisotopic (exact) mass is 389 g/mol. The van der Waals surface area contributed by atoms with Crippen LogP contribution in [0.2, 0.25) is 5.02 Å². The predicted molar refractivity (Wildman–Crippen MR) is 103 cm³/mol. The molecule has 1 aliphatic rings. The second kappa shape index (κ2) is 8.39. The first-order valence-electron chi connectivity index (χ1n) is 8.77. The fourth-order valence-corrected chi connectivity index (χ4v) is 3.39. The number of nitrogens with zero attached hydrogens (tertiary/aromatic N) is 2. The third-order valence-electron chi connectivity index (χ3n) is 4.61. The molecule has 1 heterocycles. The van der Waals surface area contributed by atoms with Gasteiger partial charge in [-0.1, -0.05) is 35.9 Å². The van der Waals surface area contributed by atoms with Crippen LogP contribution in [0.25, 0.3) is 0 Å². The lowest BCUT2D eigenvalue weighted by molar-refractivity contribution is -0.117. The number of carbonyl (C=O) groups is 2. The van der Waals surface area contributed by atoms with Gasteiger partial charge in [0.1, 0.15) is 5.82 Å². The highest BCUT2D eigenvalue weighted by Gasteiger charge is 2.23. The number of urea groups is 1. The Hall–Kier alpha value is -2.60.